The molecular formula is C22H17BrN4O2. The Bertz CT molecular complexity index is 1210. The van der Waals surface area contributed by atoms with E-state index in [0.717, 1.165) is 21.3 Å². The fourth-order valence-corrected chi connectivity index (χ4v) is 3.81. The van der Waals surface area contributed by atoms with Gasteiger partial charge in [0, 0.05) is 28.6 Å². The molecule has 0 unspecified atom stereocenters. The van der Waals surface area contributed by atoms with Crippen molar-refractivity contribution >= 4 is 15.9 Å². The molecule has 1 aromatic carbocycles. The van der Waals surface area contributed by atoms with Crippen molar-refractivity contribution in [3.63, 3.8) is 0 Å². The SMILES string of the molecule is Cc1cc2c(c(=O)n1Cc1cccnc1)[C@@H](c1ccc(Br)cc1)C(C#N)=C(N)O2. The van der Waals surface area contributed by atoms with Gasteiger partial charge < -0.3 is 15.0 Å². The molecular weight excluding hydrogens is 432 g/mol. The zero-order chi connectivity index (χ0) is 20.5. The van der Waals surface area contributed by atoms with E-state index in [1.165, 1.54) is 0 Å². The second-order valence-electron chi connectivity index (χ2n) is 6.79. The summed E-state index contributed by atoms with van der Waals surface area (Å²) in [5.41, 5.74) is 8.90. The zero-order valence-corrected chi connectivity index (χ0v) is 17.2. The van der Waals surface area contributed by atoms with Gasteiger partial charge in [0.1, 0.15) is 17.4 Å². The summed E-state index contributed by atoms with van der Waals surface area (Å²) in [6.45, 7) is 2.22. The minimum Gasteiger partial charge on any atom is -0.440 e. The highest BCUT2D eigenvalue weighted by molar-refractivity contribution is 9.10. The maximum atomic E-state index is 13.5. The van der Waals surface area contributed by atoms with Crippen LogP contribution in [0.1, 0.15) is 28.3 Å². The first-order chi connectivity index (χ1) is 14.0. The smallest absolute Gasteiger partial charge is 0.259 e. The number of pyridine rings is 2. The van der Waals surface area contributed by atoms with Gasteiger partial charge in [-0.05, 0) is 36.2 Å². The summed E-state index contributed by atoms with van der Waals surface area (Å²) in [5, 5.41) is 9.73. The molecule has 0 radical (unpaired) electrons. The number of benzene rings is 1. The summed E-state index contributed by atoms with van der Waals surface area (Å²) in [6, 6.07) is 15.2. The molecule has 0 amide bonds. The van der Waals surface area contributed by atoms with Crippen LogP contribution in [0.15, 0.2) is 75.6 Å². The van der Waals surface area contributed by atoms with Gasteiger partial charge in [0.2, 0.25) is 5.88 Å². The number of allylic oxidation sites excluding steroid dienone is 1. The van der Waals surface area contributed by atoms with Crippen molar-refractivity contribution in [3.8, 4) is 11.8 Å². The second kappa shape index (κ2) is 7.57. The molecule has 3 aromatic rings. The Hall–Kier alpha value is -3.37. The fraction of sp³-hybridized carbons (Fsp3) is 0.136. The van der Waals surface area contributed by atoms with Gasteiger partial charge in [0.15, 0.2) is 0 Å². The minimum atomic E-state index is -0.593. The molecule has 0 spiro atoms. The van der Waals surface area contributed by atoms with Crippen molar-refractivity contribution in [3.05, 3.63) is 104 Å². The van der Waals surface area contributed by atoms with Crippen LogP contribution < -0.4 is 16.0 Å². The summed E-state index contributed by atoms with van der Waals surface area (Å²) in [4.78, 5) is 17.7. The third-order valence-corrected chi connectivity index (χ3v) is 5.49. The Balaban J connectivity index is 1.92. The number of hydrogen-bond acceptors (Lipinski definition) is 5. The molecule has 0 saturated heterocycles. The zero-order valence-electron chi connectivity index (χ0n) is 15.6. The molecule has 0 bridgehead atoms. The monoisotopic (exact) mass is 448 g/mol. The molecule has 0 aliphatic carbocycles. The molecule has 0 fully saturated rings. The number of nitriles is 1. The standard InChI is InChI=1S/C22H17BrN4O2/c1-13-9-18-20(22(28)27(13)12-14-3-2-8-26-11-14)19(17(10-24)21(25)29-18)15-4-6-16(23)7-5-15/h2-9,11,19H,12,25H2,1H3/t19-/m0/s1. The minimum absolute atomic E-state index is 0.0247. The van der Waals surface area contributed by atoms with Gasteiger partial charge in [-0.1, -0.05) is 34.1 Å². The molecule has 1 aliphatic heterocycles. The number of aromatic nitrogens is 2. The molecule has 144 valence electrons. The van der Waals surface area contributed by atoms with E-state index in [1.54, 1.807) is 23.0 Å². The molecule has 6 nitrogen and oxygen atoms in total. The average Bonchev–Trinajstić information content (AvgIpc) is 2.71. The van der Waals surface area contributed by atoms with E-state index in [1.807, 2.05) is 43.3 Å². The quantitative estimate of drug-likeness (QED) is 0.660. The van der Waals surface area contributed by atoms with Crippen LogP contribution in [0.2, 0.25) is 0 Å². The lowest BCUT2D eigenvalue weighted by molar-refractivity contribution is 0.389. The van der Waals surface area contributed by atoms with Crippen LogP contribution in [-0.2, 0) is 6.54 Å². The van der Waals surface area contributed by atoms with Crippen molar-refractivity contribution in [2.75, 3.05) is 0 Å². The highest BCUT2D eigenvalue weighted by Crippen LogP contribution is 2.40. The average molecular weight is 449 g/mol. The summed E-state index contributed by atoms with van der Waals surface area (Å²) in [6.07, 6.45) is 3.42. The first-order valence-corrected chi connectivity index (χ1v) is 9.75. The molecule has 3 heterocycles. The van der Waals surface area contributed by atoms with Gasteiger partial charge in [-0.2, -0.15) is 5.26 Å². The highest BCUT2D eigenvalue weighted by Gasteiger charge is 2.34. The predicted octanol–water partition coefficient (Wildman–Crippen LogP) is 3.58. The van der Waals surface area contributed by atoms with Crippen LogP contribution in [0.25, 0.3) is 0 Å². The second-order valence-corrected chi connectivity index (χ2v) is 7.71. The van der Waals surface area contributed by atoms with Crippen LogP contribution in [0.3, 0.4) is 0 Å². The Kier molecular flexibility index (Phi) is 4.95. The van der Waals surface area contributed by atoms with E-state index in [0.29, 0.717) is 17.9 Å². The van der Waals surface area contributed by atoms with Crippen LogP contribution in [-0.4, -0.2) is 9.55 Å². The van der Waals surface area contributed by atoms with Crippen LogP contribution in [0, 0.1) is 18.3 Å². The third-order valence-electron chi connectivity index (χ3n) is 4.96. The normalized spacial score (nSPS) is 15.4. The number of halogens is 1. The van der Waals surface area contributed by atoms with Crippen LogP contribution in [0.4, 0.5) is 0 Å². The molecule has 4 rings (SSSR count). The van der Waals surface area contributed by atoms with Gasteiger partial charge in [-0.3, -0.25) is 9.78 Å². The molecule has 1 aliphatic rings. The fourth-order valence-electron chi connectivity index (χ4n) is 3.55. The van der Waals surface area contributed by atoms with Gasteiger partial charge in [0.25, 0.3) is 5.56 Å². The summed E-state index contributed by atoms with van der Waals surface area (Å²) >= 11 is 3.42. The third kappa shape index (κ3) is 3.43. The summed E-state index contributed by atoms with van der Waals surface area (Å²) in [7, 11) is 0. The molecule has 0 saturated carbocycles. The van der Waals surface area contributed by atoms with Gasteiger partial charge in [-0.15, -0.1) is 0 Å². The largest absolute Gasteiger partial charge is 0.440 e. The van der Waals surface area contributed by atoms with Crippen molar-refractivity contribution in [1.82, 2.24) is 9.55 Å². The predicted molar refractivity (Wildman–Crippen MR) is 112 cm³/mol. The number of fused-ring (bicyclic) bond motifs is 1. The highest BCUT2D eigenvalue weighted by atomic mass is 79.9. The van der Waals surface area contributed by atoms with Crippen LogP contribution in [0.5, 0.6) is 5.75 Å². The van der Waals surface area contributed by atoms with E-state index in [9.17, 15) is 10.1 Å². The van der Waals surface area contributed by atoms with Gasteiger partial charge in [0.05, 0.1) is 18.0 Å². The first-order valence-electron chi connectivity index (χ1n) is 8.96. The number of ether oxygens (including phenoxy) is 1. The number of nitrogens with zero attached hydrogens (tertiary/aromatic N) is 3. The lowest BCUT2D eigenvalue weighted by Crippen LogP contribution is -2.33. The Morgan fingerprint density at radius 2 is 2.07 bits per heavy atom. The number of aryl methyl sites for hydroxylation is 1. The number of nitrogens with two attached hydrogens (primary N) is 1. The van der Waals surface area contributed by atoms with E-state index in [-0.39, 0.29) is 17.0 Å². The van der Waals surface area contributed by atoms with Crippen LogP contribution >= 0.6 is 15.9 Å². The molecule has 1 atom stereocenters. The molecule has 7 heteroatoms. The van der Waals surface area contributed by atoms with Crippen molar-refractivity contribution < 1.29 is 4.74 Å². The molecule has 2 aromatic heterocycles. The lowest BCUT2D eigenvalue weighted by Gasteiger charge is -2.27. The summed E-state index contributed by atoms with van der Waals surface area (Å²) in [5.74, 6) is -0.179. The molecule has 29 heavy (non-hydrogen) atoms. The maximum absolute atomic E-state index is 13.5. The van der Waals surface area contributed by atoms with Crippen molar-refractivity contribution in [2.24, 2.45) is 5.73 Å². The summed E-state index contributed by atoms with van der Waals surface area (Å²) < 4.78 is 8.25. The van der Waals surface area contributed by atoms with Gasteiger partial charge in [-0.25, -0.2) is 0 Å². The van der Waals surface area contributed by atoms with Gasteiger partial charge >= 0.3 is 0 Å². The molecule has 2 N–H and O–H groups in total. The van der Waals surface area contributed by atoms with Crippen molar-refractivity contribution in [2.45, 2.75) is 19.4 Å². The Labute approximate surface area is 176 Å². The maximum Gasteiger partial charge on any atom is 0.259 e. The van der Waals surface area contributed by atoms with E-state index < -0.39 is 5.92 Å². The van der Waals surface area contributed by atoms with Crippen molar-refractivity contribution in [1.29, 1.82) is 5.26 Å². The topological polar surface area (TPSA) is 93.9 Å². The lowest BCUT2D eigenvalue weighted by atomic mass is 9.84. The Morgan fingerprint density at radius 1 is 1.31 bits per heavy atom. The number of hydrogen-bond donors (Lipinski definition) is 1. The van der Waals surface area contributed by atoms with E-state index >= 15 is 0 Å². The number of rotatable bonds is 3. The Morgan fingerprint density at radius 3 is 2.72 bits per heavy atom. The van der Waals surface area contributed by atoms with E-state index in [4.69, 9.17) is 10.5 Å². The first kappa shape index (κ1) is 19.0. The van der Waals surface area contributed by atoms with E-state index in [2.05, 4.69) is 27.0 Å².